The Morgan fingerprint density at radius 3 is 1.33 bits per heavy atom. The van der Waals surface area contributed by atoms with Gasteiger partial charge in [-0.15, -0.1) is 0 Å². The Hall–Kier alpha value is -5.14. The van der Waals surface area contributed by atoms with Gasteiger partial charge in [0.1, 0.15) is 24.6 Å². The minimum atomic E-state index is 0.278. The molecule has 0 bridgehead atoms. The van der Waals surface area contributed by atoms with E-state index in [0.29, 0.717) is 11.5 Å². The van der Waals surface area contributed by atoms with Gasteiger partial charge in [-0.1, -0.05) is 94.2 Å². The lowest BCUT2D eigenvalue weighted by Gasteiger charge is -2.07. The molecule has 0 spiro atoms. The molecule has 2 heterocycles. The lowest BCUT2D eigenvalue weighted by atomic mass is 10.1. The van der Waals surface area contributed by atoms with Gasteiger partial charge >= 0.3 is 0 Å². The van der Waals surface area contributed by atoms with Crippen LogP contribution in [0.3, 0.4) is 0 Å². The average molecular weight is 571 g/mol. The monoisotopic (exact) mass is 570 g/mol. The van der Waals surface area contributed by atoms with E-state index in [2.05, 4.69) is 83.3 Å². The number of rotatable bonds is 12. The van der Waals surface area contributed by atoms with Crippen molar-refractivity contribution in [2.45, 2.75) is 40.2 Å². The third-order valence-electron chi connectivity index (χ3n) is 7.20. The number of hydrogen-bond donors (Lipinski definition) is 2. The van der Waals surface area contributed by atoms with Gasteiger partial charge in [0.25, 0.3) is 0 Å². The fourth-order valence-corrected chi connectivity index (χ4v) is 4.62. The number of aryl methyl sites for hydroxylation is 2. The highest BCUT2D eigenvalue weighted by Gasteiger charge is 2.10. The Bertz CT molecular complexity index is 1610. The first-order valence-electron chi connectivity index (χ1n) is 14.4. The fourth-order valence-electron chi connectivity index (χ4n) is 4.62. The van der Waals surface area contributed by atoms with E-state index < -0.39 is 0 Å². The van der Waals surface area contributed by atoms with Gasteiger partial charge in [0.2, 0.25) is 0 Å². The summed E-state index contributed by atoms with van der Waals surface area (Å²) in [5.74, 6) is 1.29. The summed E-state index contributed by atoms with van der Waals surface area (Å²) >= 11 is 0. The number of nitrogens with zero attached hydrogens (tertiary/aromatic N) is 2. The Morgan fingerprint density at radius 1 is 0.535 bits per heavy atom. The molecule has 0 saturated carbocycles. The second kappa shape index (κ2) is 13.2. The summed E-state index contributed by atoms with van der Waals surface area (Å²) in [6.45, 7) is 6.29. The molecule has 0 amide bonds. The summed E-state index contributed by atoms with van der Waals surface area (Å²) in [6.07, 6.45) is 0. The van der Waals surface area contributed by atoms with Crippen molar-refractivity contribution in [3.8, 4) is 22.5 Å². The quantitative estimate of drug-likeness (QED) is 0.152. The Morgan fingerprint density at radius 2 is 0.930 bits per heavy atom. The van der Waals surface area contributed by atoms with Crippen molar-refractivity contribution in [2.75, 3.05) is 10.6 Å². The van der Waals surface area contributed by atoms with Crippen LogP contribution in [0.4, 0.5) is 11.4 Å². The normalized spacial score (nSPS) is 11.0. The lowest BCUT2D eigenvalue weighted by molar-refractivity contribution is 0.0727. The van der Waals surface area contributed by atoms with Gasteiger partial charge in [-0.25, -0.2) is 0 Å². The predicted molar refractivity (Wildman–Crippen MR) is 169 cm³/mol. The number of nitrogens with one attached hydrogen (secondary N) is 2. The maximum Gasteiger partial charge on any atom is 0.163 e. The summed E-state index contributed by atoms with van der Waals surface area (Å²) < 4.78 is 16.8. The zero-order valence-corrected chi connectivity index (χ0v) is 24.3. The first kappa shape index (κ1) is 28.0. The topological polar surface area (TPSA) is 85.4 Å². The molecule has 0 aliphatic carbocycles. The molecule has 4 aromatic carbocycles. The number of anilines is 2. The van der Waals surface area contributed by atoms with E-state index in [1.54, 1.807) is 0 Å². The van der Waals surface area contributed by atoms with Gasteiger partial charge in [0, 0.05) is 47.7 Å². The van der Waals surface area contributed by atoms with Crippen molar-refractivity contribution in [1.82, 2.24) is 10.3 Å². The van der Waals surface area contributed by atoms with E-state index in [9.17, 15) is 0 Å². The molecule has 216 valence electrons. The number of hydrogen-bond acceptors (Lipinski definition) is 7. The Labute approximate surface area is 251 Å². The molecule has 0 fully saturated rings. The first-order valence-corrected chi connectivity index (χ1v) is 14.4. The average Bonchev–Trinajstić information content (AvgIpc) is 3.72. The van der Waals surface area contributed by atoms with Crippen LogP contribution in [0.15, 0.2) is 118 Å². The standard InChI is InChI=1S/C36H34N4O3/c1-25-3-7-27(8-4-25)21-37-31-15-11-29(12-16-31)35-19-33(42-39-35)23-41-24-34-20-36(40-43-34)30-13-17-32(18-14-30)38-22-28-9-5-26(2)6-10-28/h3-20,37-38H,21-24H2,1-2H3. The van der Waals surface area contributed by atoms with Crippen LogP contribution in [0.1, 0.15) is 33.8 Å². The molecule has 0 radical (unpaired) electrons. The number of aromatic nitrogens is 2. The fraction of sp³-hybridized carbons (Fsp3) is 0.167. The second-order valence-corrected chi connectivity index (χ2v) is 10.7. The third kappa shape index (κ3) is 7.58. The van der Waals surface area contributed by atoms with Crippen LogP contribution in [0.5, 0.6) is 0 Å². The first-order chi connectivity index (χ1) is 21.1. The molecule has 7 nitrogen and oxygen atoms in total. The maximum atomic E-state index is 5.82. The van der Waals surface area contributed by atoms with Crippen LogP contribution >= 0.6 is 0 Å². The van der Waals surface area contributed by atoms with Crippen molar-refractivity contribution in [2.24, 2.45) is 0 Å². The molecule has 0 saturated heterocycles. The molecular weight excluding hydrogens is 536 g/mol. The second-order valence-electron chi connectivity index (χ2n) is 10.7. The Kier molecular flexibility index (Phi) is 8.61. The van der Waals surface area contributed by atoms with Crippen LogP contribution in [-0.2, 0) is 31.0 Å². The lowest BCUT2D eigenvalue weighted by Crippen LogP contribution is -1.99. The SMILES string of the molecule is Cc1ccc(CNc2ccc(-c3cc(COCc4cc(-c5ccc(NCc6ccc(C)cc6)cc5)no4)on3)cc2)cc1. The smallest absolute Gasteiger partial charge is 0.163 e. The van der Waals surface area contributed by atoms with Gasteiger partial charge in [-0.3, -0.25) is 0 Å². The molecular formula is C36H34N4O3. The molecule has 0 atom stereocenters. The van der Waals surface area contributed by atoms with Crippen LogP contribution in [-0.4, -0.2) is 10.3 Å². The van der Waals surface area contributed by atoms with Crippen molar-refractivity contribution < 1.29 is 13.8 Å². The highest BCUT2D eigenvalue weighted by Crippen LogP contribution is 2.24. The van der Waals surface area contributed by atoms with Gasteiger partial charge in [-0.2, -0.15) is 0 Å². The molecule has 2 aromatic heterocycles. The van der Waals surface area contributed by atoms with Crippen molar-refractivity contribution in [3.63, 3.8) is 0 Å². The molecule has 6 rings (SSSR count). The predicted octanol–water partition coefficient (Wildman–Crippen LogP) is 8.55. The Balaban J connectivity index is 0.958. The zero-order valence-electron chi connectivity index (χ0n) is 24.3. The van der Waals surface area contributed by atoms with Gasteiger partial charge in [-0.05, 0) is 49.2 Å². The summed E-state index contributed by atoms with van der Waals surface area (Å²) in [6, 6.07) is 37.2. The van der Waals surface area contributed by atoms with E-state index in [1.807, 2.05) is 60.7 Å². The molecule has 43 heavy (non-hydrogen) atoms. The molecule has 0 aliphatic rings. The molecule has 2 N–H and O–H groups in total. The van der Waals surface area contributed by atoms with Gasteiger partial charge in [0.15, 0.2) is 11.5 Å². The number of benzene rings is 4. The minimum absolute atomic E-state index is 0.278. The van der Waals surface area contributed by atoms with Gasteiger partial charge in [0.05, 0.1) is 0 Å². The third-order valence-corrected chi connectivity index (χ3v) is 7.20. The number of ether oxygens (including phenoxy) is 1. The van der Waals surface area contributed by atoms with Crippen LogP contribution in [0.25, 0.3) is 22.5 Å². The summed E-state index contributed by atoms with van der Waals surface area (Å²) in [7, 11) is 0. The maximum absolute atomic E-state index is 5.82. The van der Waals surface area contributed by atoms with Crippen LogP contribution < -0.4 is 10.6 Å². The van der Waals surface area contributed by atoms with Crippen LogP contribution in [0.2, 0.25) is 0 Å². The highest BCUT2D eigenvalue weighted by atomic mass is 16.5. The molecule has 0 unspecified atom stereocenters. The van der Waals surface area contributed by atoms with Crippen LogP contribution in [0, 0.1) is 13.8 Å². The van der Waals surface area contributed by atoms with Crippen molar-refractivity contribution >= 4 is 11.4 Å². The van der Waals surface area contributed by atoms with E-state index in [0.717, 1.165) is 47.0 Å². The van der Waals surface area contributed by atoms with E-state index in [-0.39, 0.29) is 13.2 Å². The minimum Gasteiger partial charge on any atom is -0.381 e. The summed E-state index contributed by atoms with van der Waals surface area (Å²) in [5.41, 5.74) is 10.6. The molecule has 7 heteroatoms. The van der Waals surface area contributed by atoms with E-state index >= 15 is 0 Å². The van der Waals surface area contributed by atoms with E-state index in [1.165, 1.54) is 22.3 Å². The summed E-state index contributed by atoms with van der Waals surface area (Å²) in [5, 5.41) is 15.3. The van der Waals surface area contributed by atoms with Crippen molar-refractivity contribution in [1.29, 1.82) is 0 Å². The highest BCUT2D eigenvalue weighted by molar-refractivity contribution is 5.63. The van der Waals surface area contributed by atoms with Gasteiger partial charge < -0.3 is 24.4 Å². The molecule has 6 aromatic rings. The zero-order chi connectivity index (χ0) is 29.4. The van der Waals surface area contributed by atoms with E-state index in [4.69, 9.17) is 13.8 Å². The molecule has 0 aliphatic heterocycles. The largest absolute Gasteiger partial charge is 0.381 e. The van der Waals surface area contributed by atoms with Crippen molar-refractivity contribution in [3.05, 3.63) is 143 Å². The summed E-state index contributed by atoms with van der Waals surface area (Å²) in [4.78, 5) is 0.